The van der Waals surface area contributed by atoms with E-state index in [-0.39, 0.29) is 12.0 Å². The average molecular weight is 256 g/mol. The Kier molecular flexibility index (Phi) is 3.13. The lowest BCUT2D eigenvalue weighted by molar-refractivity contribution is -0.283. The van der Waals surface area contributed by atoms with Crippen LogP contribution in [0.5, 0.6) is 0 Å². The van der Waals surface area contributed by atoms with Crippen molar-refractivity contribution < 1.29 is 15.3 Å². The smallest absolute Gasteiger partial charge is 0.121 e. The number of hydrogen-bond acceptors (Lipinski definition) is 3. The molecule has 4 atom stereocenters. The molecular formula is C15H28O3. The number of aliphatic hydroxyl groups excluding tert-OH is 1. The monoisotopic (exact) mass is 256 g/mol. The van der Waals surface area contributed by atoms with E-state index < -0.39 is 16.6 Å². The van der Waals surface area contributed by atoms with E-state index in [9.17, 15) is 15.3 Å². The number of hydrogen-bond donors (Lipinski definition) is 3. The predicted octanol–water partition coefficient (Wildman–Crippen LogP) is 2.09. The first-order valence-corrected chi connectivity index (χ1v) is 7.16. The van der Waals surface area contributed by atoms with Crippen molar-refractivity contribution in [2.45, 2.75) is 71.0 Å². The Balaban J connectivity index is 2.49. The fraction of sp³-hybridized carbons (Fsp3) is 1.00. The summed E-state index contributed by atoms with van der Waals surface area (Å²) < 4.78 is 0. The molecule has 2 rings (SSSR count). The summed E-state index contributed by atoms with van der Waals surface area (Å²) in [6.45, 7) is 7.89. The first kappa shape index (κ1) is 14.3. The highest BCUT2D eigenvalue weighted by atomic mass is 16.4. The minimum absolute atomic E-state index is 0.173. The van der Waals surface area contributed by atoms with Crippen LogP contribution in [0.3, 0.4) is 0 Å². The molecule has 0 aliphatic heterocycles. The summed E-state index contributed by atoms with van der Waals surface area (Å²) in [6, 6.07) is 0. The lowest BCUT2D eigenvalue weighted by Gasteiger charge is -2.64. The first-order valence-electron chi connectivity index (χ1n) is 7.16. The van der Waals surface area contributed by atoms with Crippen molar-refractivity contribution in [2.24, 2.45) is 16.7 Å². The molecule has 3 N–H and O–H groups in total. The third-order valence-corrected chi connectivity index (χ3v) is 6.21. The normalized spacial score (nSPS) is 51.8. The van der Waals surface area contributed by atoms with E-state index in [1.165, 1.54) is 0 Å². The van der Waals surface area contributed by atoms with Crippen LogP contribution < -0.4 is 0 Å². The molecule has 0 aromatic carbocycles. The maximum atomic E-state index is 11.0. The lowest BCUT2D eigenvalue weighted by atomic mass is 9.44. The Morgan fingerprint density at radius 2 is 1.61 bits per heavy atom. The molecule has 0 radical (unpaired) electrons. The van der Waals surface area contributed by atoms with Crippen LogP contribution >= 0.6 is 0 Å². The second-order valence-corrected chi connectivity index (χ2v) is 7.64. The van der Waals surface area contributed by atoms with Gasteiger partial charge in [-0.2, -0.15) is 0 Å². The van der Waals surface area contributed by atoms with Crippen molar-refractivity contribution in [1.29, 1.82) is 0 Å². The average Bonchev–Trinajstić information content (AvgIpc) is 2.24. The lowest BCUT2D eigenvalue weighted by Crippen LogP contribution is -2.71. The van der Waals surface area contributed by atoms with Crippen LogP contribution in [0, 0.1) is 16.7 Å². The molecule has 4 unspecified atom stereocenters. The largest absolute Gasteiger partial charge is 0.393 e. The Morgan fingerprint density at radius 1 is 1.00 bits per heavy atom. The van der Waals surface area contributed by atoms with Crippen molar-refractivity contribution >= 4 is 0 Å². The Labute approximate surface area is 110 Å². The zero-order valence-electron chi connectivity index (χ0n) is 12.2. The van der Waals surface area contributed by atoms with E-state index in [1.807, 2.05) is 0 Å². The molecule has 106 valence electrons. The van der Waals surface area contributed by atoms with E-state index in [1.54, 1.807) is 6.92 Å². The minimum Gasteiger partial charge on any atom is -0.393 e. The van der Waals surface area contributed by atoms with Gasteiger partial charge in [0.15, 0.2) is 0 Å². The van der Waals surface area contributed by atoms with Gasteiger partial charge in [-0.25, -0.2) is 0 Å². The standard InChI is InChI=1S/C15H28O3/c1-12(2)7-5-8-13(3)11(12)6-9-14(4,17)15(13,18)10-16/h11,16-18H,5-10H2,1-4H3. The van der Waals surface area contributed by atoms with Gasteiger partial charge in [0, 0.05) is 5.41 Å². The fourth-order valence-electron chi connectivity index (χ4n) is 4.92. The van der Waals surface area contributed by atoms with Gasteiger partial charge in [0.2, 0.25) is 0 Å². The molecule has 2 saturated carbocycles. The zero-order valence-corrected chi connectivity index (χ0v) is 12.2. The Bertz CT molecular complexity index is 337. The number of fused-ring (bicyclic) bond motifs is 1. The summed E-state index contributed by atoms with van der Waals surface area (Å²) in [6.07, 6.45) is 4.59. The summed E-state index contributed by atoms with van der Waals surface area (Å²) in [5, 5.41) is 31.3. The molecular weight excluding hydrogens is 228 g/mol. The van der Waals surface area contributed by atoms with Crippen molar-refractivity contribution in [3.8, 4) is 0 Å². The Hall–Kier alpha value is -0.120. The molecule has 2 aliphatic carbocycles. The molecule has 0 heterocycles. The molecule has 3 nitrogen and oxygen atoms in total. The summed E-state index contributed by atoms with van der Waals surface area (Å²) in [5.74, 6) is 0.358. The molecule has 0 aromatic rings. The van der Waals surface area contributed by atoms with Crippen molar-refractivity contribution in [3.05, 3.63) is 0 Å². The minimum atomic E-state index is -1.39. The van der Waals surface area contributed by atoms with Gasteiger partial charge in [-0.1, -0.05) is 27.2 Å². The molecule has 2 aliphatic rings. The summed E-state index contributed by atoms with van der Waals surface area (Å²) in [7, 11) is 0. The second-order valence-electron chi connectivity index (χ2n) is 7.64. The quantitative estimate of drug-likeness (QED) is 0.673. The van der Waals surface area contributed by atoms with Crippen LogP contribution in [0.15, 0.2) is 0 Å². The van der Waals surface area contributed by atoms with E-state index >= 15 is 0 Å². The number of rotatable bonds is 1. The van der Waals surface area contributed by atoms with Gasteiger partial charge < -0.3 is 15.3 Å². The fourth-order valence-corrected chi connectivity index (χ4v) is 4.92. The van der Waals surface area contributed by atoms with Gasteiger partial charge in [0.1, 0.15) is 5.60 Å². The molecule has 0 aromatic heterocycles. The summed E-state index contributed by atoms with van der Waals surface area (Å²) in [5.41, 5.74) is -2.81. The van der Waals surface area contributed by atoms with Crippen LogP contribution in [-0.4, -0.2) is 33.1 Å². The Morgan fingerprint density at radius 3 is 2.17 bits per heavy atom. The van der Waals surface area contributed by atoms with Crippen LogP contribution in [0.2, 0.25) is 0 Å². The van der Waals surface area contributed by atoms with Gasteiger partial charge in [0.25, 0.3) is 0 Å². The highest BCUT2D eigenvalue weighted by molar-refractivity contribution is 5.16. The maximum Gasteiger partial charge on any atom is 0.121 e. The van der Waals surface area contributed by atoms with E-state index in [2.05, 4.69) is 20.8 Å². The third-order valence-electron chi connectivity index (χ3n) is 6.21. The van der Waals surface area contributed by atoms with Crippen molar-refractivity contribution in [2.75, 3.05) is 6.61 Å². The second kappa shape index (κ2) is 3.94. The van der Waals surface area contributed by atoms with Gasteiger partial charge in [-0.05, 0) is 43.9 Å². The molecule has 0 saturated heterocycles. The number of aliphatic hydroxyl groups is 3. The van der Waals surface area contributed by atoms with Crippen LogP contribution in [0.4, 0.5) is 0 Å². The highest BCUT2D eigenvalue weighted by Crippen LogP contribution is 2.63. The van der Waals surface area contributed by atoms with Gasteiger partial charge in [0.05, 0.1) is 12.2 Å². The molecule has 0 amide bonds. The highest BCUT2D eigenvalue weighted by Gasteiger charge is 2.66. The van der Waals surface area contributed by atoms with E-state index in [0.717, 1.165) is 25.7 Å². The van der Waals surface area contributed by atoms with Crippen LogP contribution in [-0.2, 0) is 0 Å². The zero-order chi connectivity index (χ0) is 13.8. The molecule has 3 heteroatoms. The summed E-state index contributed by atoms with van der Waals surface area (Å²) in [4.78, 5) is 0. The van der Waals surface area contributed by atoms with E-state index in [0.29, 0.717) is 12.3 Å². The molecule has 18 heavy (non-hydrogen) atoms. The van der Waals surface area contributed by atoms with Crippen molar-refractivity contribution in [1.82, 2.24) is 0 Å². The topological polar surface area (TPSA) is 60.7 Å². The molecule has 2 fully saturated rings. The SMILES string of the molecule is CC1(C)CCCC2(C)C1CCC(C)(O)C2(O)CO. The van der Waals surface area contributed by atoms with Gasteiger partial charge in [-0.15, -0.1) is 0 Å². The molecule has 0 bridgehead atoms. The van der Waals surface area contributed by atoms with E-state index in [4.69, 9.17) is 0 Å². The van der Waals surface area contributed by atoms with Crippen LogP contribution in [0.25, 0.3) is 0 Å². The summed E-state index contributed by atoms with van der Waals surface area (Å²) >= 11 is 0. The van der Waals surface area contributed by atoms with Gasteiger partial charge in [-0.3, -0.25) is 0 Å². The molecule has 0 spiro atoms. The van der Waals surface area contributed by atoms with Gasteiger partial charge >= 0.3 is 0 Å². The first-order chi connectivity index (χ1) is 8.11. The maximum absolute atomic E-state index is 11.0. The van der Waals surface area contributed by atoms with Crippen molar-refractivity contribution in [3.63, 3.8) is 0 Å². The predicted molar refractivity (Wildman–Crippen MR) is 71.1 cm³/mol. The van der Waals surface area contributed by atoms with Crippen LogP contribution in [0.1, 0.15) is 59.8 Å². The third kappa shape index (κ3) is 1.60.